The van der Waals surface area contributed by atoms with Crippen molar-refractivity contribution in [2.45, 2.75) is 49.3 Å². The van der Waals surface area contributed by atoms with E-state index in [9.17, 15) is 4.79 Å². The second-order valence-corrected chi connectivity index (χ2v) is 8.49. The average molecular weight is 380 g/mol. The van der Waals surface area contributed by atoms with Crippen molar-refractivity contribution in [1.82, 2.24) is 14.7 Å². The van der Waals surface area contributed by atoms with Crippen LogP contribution in [-0.4, -0.2) is 21.3 Å². The molecule has 27 heavy (non-hydrogen) atoms. The SMILES string of the molecule is CC1CCC(NC(=O)c2ccc(SCc3cn4ccccc4n3)cc2)CC1. The molecule has 3 aromatic rings. The Balaban J connectivity index is 1.32. The van der Waals surface area contributed by atoms with Gasteiger partial charge in [-0.2, -0.15) is 0 Å². The number of rotatable bonds is 5. The van der Waals surface area contributed by atoms with E-state index >= 15 is 0 Å². The van der Waals surface area contributed by atoms with Crippen LogP contribution in [0.3, 0.4) is 0 Å². The molecule has 4 nitrogen and oxygen atoms in total. The van der Waals surface area contributed by atoms with Crippen LogP contribution in [-0.2, 0) is 5.75 Å². The summed E-state index contributed by atoms with van der Waals surface area (Å²) in [6.45, 7) is 2.29. The Hall–Kier alpha value is -2.27. The maximum absolute atomic E-state index is 12.5. The summed E-state index contributed by atoms with van der Waals surface area (Å²) in [5.74, 6) is 1.65. The summed E-state index contributed by atoms with van der Waals surface area (Å²) in [7, 11) is 0. The first-order valence-corrected chi connectivity index (χ1v) is 10.6. The summed E-state index contributed by atoms with van der Waals surface area (Å²) in [6, 6.07) is 14.2. The van der Waals surface area contributed by atoms with E-state index in [4.69, 9.17) is 0 Å². The minimum atomic E-state index is 0.0476. The number of pyridine rings is 1. The molecule has 1 N–H and O–H groups in total. The van der Waals surface area contributed by atoms with Gasteiger partial charge in [-0.3, -0.25) is 4.79 Å². The molecule has 0 saturated heterocycles. The third kappa shape index (κ3) is 4.53. The number of benzene rings is 1. The zero-order chi connectivity index (χ0) is 18.6. The fraction of sp³-hybridized carbons (Fsp3) is 0.364. The first-order valence-electron chi connectivity index (χ1n) is 9.64. The molecule has 5 heteroatoms. The molecule has 0 radical (unpaired) electrons. The number of aromatic nitrogens is 2. The second kappa shape index (κ2) is 8.17. The Bertz CT molecular complexity index is 878. The Kier molecular flexibility index (Phi) is 5.48. The topological polar surface area (TPSA) is 46.4 Å². The van der Waals surface area contributed by atoms with Crippen molar-refractivity contribution in [3.8, 4) is 0 Å². The number of nitrogens with zero attached hydrogens (tertiary/aromatic N) is 2. The number of carbonyl (C=O) groups excluding carboxylic acids is 1. The van der Waals surface area contributed by atoms with Crippen LogP contribution in [0, 0.1) is 5.92 Å². The van der Waals surface area contributed by atoms with Gasteiger partial charge >= 0.3 is 0 Å². The lowest BCUT2D eigenvalue weighted by molar-refractivity contribution is 0.0923. The number of amides is 1. The van der Waals surface area contributed by atoms with Gasteiger partial charge in [0.25, 0.3) is 5.91 Å². The number of hydrogen-bond acceptors (Lipinski definition) is 3. The van der Waals surface area contributed by atoms with Crippen LogP contribution >= 0.6 is 11.8 Å². The highest BCUT2D eigenvalue weighted by molar-refractivity contribution is 7.98. The van der Waals surface area contributed by atoms with Crippen molar-refractivity contribution < 1.29 is 4.79 Å². The number of nitrogens with one attached hydrogen (secondary N) is 1. The van der Waals surface area contributed by atoms with Gasteiger partial charge in [-0.25, -0.2) is 4.98 Å². The van der Waals surface area contributed by atoms with E-state index in [1.807, 2.05) is 53.1 Å². The maximum atomic E-state index is 12.5. The summed E-state index contributed by atoms with van der Waals surface area (Å²) < 4.78 is 2.04. The third-order valence-corrected chi connectivity index (χ3v) is 6.31. The molecule has 0 spiro atoms. The molecule has 1 fully saturated rings. The van der Waals surface area contributed by atoms with Crippen LogP contribution in [0.4, 0.5) is 0 Å². The molecular weight excluding hydrogens is 354 g/mol. The number of hydrogen-bond donors (Lipinski definition) is 1. The van der Waals surface area contributed by atoms with Crippen LogP contribution < -0.4 is 5.32 Å². The van der Waals surface area contributed by atoms with Crippen LogP contribution in [0.5, 0.6) is 0 Å². The summed E-state index contributed by atoms with van der Waals surface area (Å²) in [5.41, 5.74) is 2.77. The Morgan fingerprint density at radius 1 is 1.15 bits per heavy atom. The Labute approximate surface area is 164 Å². The maximum Gasteiger partial charge on any atom is 0.251 e. The molecule has 0 bridgehead atoms. The van der Waals surface area contributed by atoms with Crippen LogP contribution in [0.1, 0.15) is 48.7 Å². The third-order valence-electron chi connectivity index (χ3n) is 5.27. The van der Waals surface area contributed by atoms with E-state index in [2.05, 4.69) is 23.4 Å². The number of thioether (sulfide) groups is 1. The lowest BCUT2D eigenvalue weighted by atomic mass is 9.87. The molecule has 0 aliphatic heterocycles. The highest BCUT2D eigenvalue weighted by atomic mass is 32.2. The molecule has 2 heterocycles. The van der Waals surface area contributed by atoms with Gasteiger partial charge in [0.1, 0.15) is 5.65 Å². The van der Waals surface area contributed by atoms with Crippen LogP contribution in [0.2, 0.25) is 0 Å². The van der Waals surface area contributed by atoms with Crippen molar-refractivity contribution in [3.05, 3.63) is 66.1 Å². The molecule has 1 saturated carbocycles. The molecule has 1 aromatic carbocycles. The first-order chi connectivity index (χ1) is 13.2. The van der Waals surface area contributed by atoms with Crippen molar-refractivity contribution in [3.63, 3.8) is 0 Å². The highest BCUT2D eigenvalue weighted by Gasteiger charge is 2.20. The number of imidazole rings is 1. The predicted molar refractivity (Wildman–Crippen MR) is 110 cm³/mol. The largest absolute Gasteiger partial charge is 0.349 e. The van der Waals surface area contributed by atoms with Crippen molar-refractivity contribution in [2.75, 3.05) is 0 Å². The van der Waals surface area contributed by atoms with Crippen molar-refractivity contribution >= 4 is 23.3 Å². The molecular formula is C22H25N3OS. The number of fused-ring (bicyclic) bond motifs is 1. The normalized spacial score (nSPS) is 19.9. The van der Waals surface area contributed by atoms with Gasteiger partial charge in [-0.1, -0.05) is 13.0 Å². The van der Waals surface area contributed by atoms with Crippen molar-refractivity contribution in [2.24, 2.45) is 5.92 Å². The Morgan fingerprint density at radius 3 is 2.67 bits per heavy atom. The van der Waals surface area contributed by atoms with E-state index < -0.39 is 0 Å². The van der Waals surface area contributed by atoms with Gasteiger partial charge in [0.05, 0.1) is 5.69 Å². The standard InChI is InChI=1S/C22H25N3OS/c1-16-5-9-18(10-6-16)24-22(26)17-7-11-20(12-8-17)27-15-19-14-25-13-3-2-4-21(25)23-19/h2-4,7-8,11-14,16,18H,5-6,9-10,15H2,1H3,(H,24,26). The van der Waals surface area contributed by atoms with Gasteiger partial charge in [0.15, 0.2) is 0 Å². The van der Waals surface area contributed by atoms with E-state index in [1.54, 1.807) is 11.8 Å². The molecule has 1 aliphatic rings. The lowest BCUT2D eigenvalue weighted by Gasteiger charge is -2.26. The zero-order valence-electron chi connectivity index (χ0n) is 15.6. The minimum absolute atomic E-state index is 0.0476. The van der Waals surface area contributed by atoms with E-state index in [0.29, 0.717) is 6.04 Å². The summed E-state index contributed by atoms with van der Waals surface area (Å²) in [5, 5.41) is 3.19. The average Bonchev–Trinajstić information content (AvgIpc) is 3.11. The summed E-state index contributed by atoms with van der Waals surface area (Å²) in [4.78, 5) is 18.2. The molecule has 140 valence electrons. The van der Waals surface area contributed by atoms with Gasteiger partial charge in [0, 0.05) is 34.6 Å². The van der Waals surface area contributed by atoms with Gasteiger partial charge in [-0.05, 0) is 68.0 Å². The van der Waals surface area contributed by atoms with E-state index in [-0.39, 0.29) is 5.91 Å². The summed E-state index contributed by atoms with van der Waals surface area (Å²) in [6.07, 6.45) is 8.69. The summed E-state index contributed by atoms with van der Waals surface area (Å²) >= 11 is 1.74. The second-order valence-electron chi connectivity index (χ2n) is 7.44. The lowest BCUT2D eigenvalue weighted by Crippen LogP contribution is -2.37. The fourth-order valence-electron chi connectivity index (χ4n) is 3.59. The van der Waals surface area contributed by atoms with Crippen LogP contribution in [0.15, 0.2) is 59.8 Å². The molecule has 0 atom stereocenters. The smallest absolute Gasteiger partial charge is 0.251 e. The molecule has 2 aromatic heterocycles. The zero-order valence-corrected chi connectivity index (χ0v) is 16.4. The Morgan fingerprint density at radius 2 is 1.93 bits per heavy atom. The minimum Gasteiger partial charge on any atom is -0.349 e. The molecule has 1 aliphatic carbocycles. The highest BCUT2D eigenvalue weighted by Crippen LogP contribution is 2.25. The van der Waals surface area contributed by atoms with Gasteiger partial charge in [0.2, 0.25) is 0 Å². The first kappa shape index (κ1) is 18.1. The van der Waals surface area contributed by atoms with E-state index in [1.165, 1.54) is 12.8 Å². The number of carbonyl (C=O) groups is 1. The monoisotopic (exact) mass is 379 g/mol. The molecule has 4 rings (SSSR count). The van der Waals surface area contributed by atoms with Gasteiger partial charge < -0.3 is 9.72 Å². The molecule has 1 amide bonds. The van der Waals surface area contributed by atoms with E-state index in [0.717, 1.165) is 46.3 Å². The van der Waals surface area contributed by atoms with Crippen LogP contribution in [0.25, 0.3) is 5.65 Å². The van der Waals surface area contributed by atoms with Crippen molar-refractivity contribution in [1.29, 1.82) is 0 Å². The van der Waals surface area contributed by atoms with Gasteiger partial charge in [-0.15, -0.1) is 11.8 Å². The fourth-order valence-corrected chi connectivity index (χ4v) is 4.37. The predicted octanol–water partition coefficient (Wildman–Crippen LogP) is 4.94. The quantitative estimate of drug-likeness (QED) is 0.639. The molecule has 0 unspecified atom stereocenters.